The van der Waals surface area contributed by atoms with E-state index >= 15 is 0 Å². The standard InChI is InChI=1S/C18H21N5O/c1-22-10-11-24-16(17(22)14-6-4-3-5-7-14)13-23(2)18-15(12-19)20-8-9-21-18/h3-9,16-17H,10-11,13H2,1-2H3/t16-,17-/m0/s1. The Kier molecular flexibility index (Phi) is 5.04. The predicted octanol–water partition coefficient (Wildman–Crippen LogP) is 1.86. The third-order valence-electron chi connectivity index (χ3n) is 4.34. The minimum Gasteiger partial charge on any atom is -0.373 e. The minimum absolute atomic E-state index is 0.00954. The van der Waals surface area contributed by atoms with E-state index in [0.717, 1.165) is 6.54 Å². The lowest BCUT2D eigenvalue weighted by Crippen LogP contribution is -2.48. The zero-order valence-corrected chi connectivity index (χ0v) is 14.0. The first-order valence-electron chi connectivity index (χ1n) is 7.99. The fraction of sp³-hybridized carbons (Fsp3) is 0.389. The van der Waals surface area contributed by atoms with Crippen molar-refractivity contribution < 1.29 is 4.74 Å². The normalized spacial score (nSPS) is 21.2. The Balaban J connectivity index is 1.83. The number of anilines is 1. The van der Waals surface area contributed by atoms with Crippen LogP contribution < -0.4 is 4.90 Å². The predicted molar refractivity (Wildman–Crippen MR) is 91.6 cm³/mol. The number of hydrogen-bond donors (Lipinski definition) is 0. The van der Waals surface area contributed by atoms with Gasteiger partial charge in [-0.3, -0.25) is 4.90 Å². The van der Waals surface area contributed by atoms with Gasteiger partial charge in [-0.25, -0.2) is 9.97 Å². The van der Waals surface area contributed by atoms with Crippen LogP contribution in [0.3, 0.4) is 0 Å². The van der Waals surface area contributed by atoms with Gasteiger partial charge in [0.25, 0.3) is 0 Å². The second-order valence-electron chi connectivity index (χ2n) is 5.97. The SMILES string of the molecule is CN(C[C@@H]1OCCN(C)[C@H]1c1ccccc1)c1nccnc1C#N. The van der Waals surface area contributed by atoms with Gasteiger partial charge in [-0.05, 0) is 12.6 Å². The molecule has 1 saturated heterocycles. The molecule has 1 aliphatic rings. The summed E-state index contributed by atoms with van der Waals surface area (Å²) in [6.07, 6.45) is 3.13. The van der Waals surface area contributed by atoms with Crippen molar-refractivity contribution in [2.45, 2.75) is 12.1 Å². The molecule has 2 atom stereocenters. The summed E-state index contributed by atoms with van der Waals surface area (Å²) in [4.78, 5) is 12.7. The quantitative estimate of drug-likeness (QED) is 0.856. The Morgan fingerprint density at radius 2 is 2.04 bits per heavy atom. The first-order valence-corrected chi connectivity index (χ1v) is 7.99. The highest BCUT2D eigenvalue weighted by molar-refractivity contribution is 5.48. The third-order valence-corrected chi connectivity index (χ3v) is 4.34. The number of ether oxygens (including phenoxy) is 1. The number of nitriles is 1. The monoisotopic (exact) mass is 323 g/mol. The molecule has 2 heterocycles. The Bertz CT molecular complexity index is 715. The minimum atomic E-state index is -0.00954. The molecule has 6 heteroatoms. The largest absolute Gasteiger partial charge is 0.373 e. The number of aromatic nitrogens is 2. The summed E-state index contributed by atoms with van der Waals surface area (Å²) in [6, 6.07) is 12.7. The fourth-order valence-corrected chi connectivity index (χ4v) is 3.18. The van der Waals surface area contributed by atoms with E-state index in [9.17, 15) is 5.26 Å². The van der Waals surface area contributed by atoms with Crippen molar-refractivity contribution in [1.29, 1.82) is 5.26 Å². The summed E-state index contributed by atoms with van der Waals surface area (Å²) in [7, 11) is 4.04. The van der Waals surface area contributed by atoms with Crippen LogP contribution in [0.25, 0.3) is 0 Å². The Morgan fingerprint density at radius 3 is 2.79 bits per heavy atom. The van der Waals surface area contributed by atoms with E-state index in [1.165, 1.54) is 11.8 Å². The highest BCUT2D eigenvalue weighted by Crippen LogP contribution is 2.29. The second kappa shape index (κ2) is 7.39. The van der Waals surface area contributed by atoms with Gasteiger partial charge in [0.05, 0.1) is 18.8 Å². The zero-order chi connectivity index (χ0) is 16.9. The smallest absolute Gasteiger partial charge is 0.183 e. The molecule has 2 aromatic rings. The summed E-state index contributed by atoms with van der Waals surface area (Å²) in [5.74, 6) is 0.587. The number of rotatable bonds is 4. The summed E-state index contributed by atoms with van der Waals surface area (Å²) in [6.45, 7) is 2.23. The fourth-order valence-electron chi connectivity index (χ4n) is 3.18. The van der Waals surface area contributed by atoms with Crippen molar-refractivity contribution in [3.05, 3.63) is 54.0 Å². The lowest BCUT2D eigenvalue weighted by atomic mass is 9.98. The molecule has 0 radical (unpaired) electrons. The molecule has 1 aromatic carbocycles. The van der Waals surface area contributed by atoms with E-state index in [0.29, 0.717) is 24.7 Å². The van der Waals surface area contributed by atoms with Crippen LogP contribution in [-0.2, 0) is 4.74 Å². The maximum absolute atomic E-state index is 9.23. The maximum atomic E-state index is 9.23. The van der Waals surface area contributed by atoms with E-state index in [1.54, 1.807) is 6.20 Å². The molecule has 1 aliphatic heterocycles. The van der Waals surface area contributed by atoms with Crippen LogP contribution in [0.5, 0.6) is 0 Å². The molecule has 1 fully saturated rings. The zero-order valence-electron chi connectivity index (χ0n) is 14.0. The van der Waals surface area contributed by atoms with E-state index < -0.39 is 0 Å². The van der Waals surface area contributed by atoms with Crippen LogP contribution in [0, 0.1) is 11.3 Å². The van der Waals surface area contributed by atoms with Crippen LogP contribution in [0.4, 0.5) is 5.82 Å². The molecule has 0 amide bonds. The van der Waals surface area contributed by atoms with Crippen LogP contribution in [-0.4, -0.2) is 54.8 Å². The first-order chi connectivity index (χ1) is 11.7. The van der Waals surface area contributed by atoms with Crippen LogP contribution in [0.2, 0.25) is 0 Å². The molecule has 0 saturated carbocycles. The van der Waals surface area contributed by atoms with E-state index in [2.05, 4.69) is 52.3 Å². The van der Waals surface area contributed by atoms with E-state index in [1.807, 2.05) is 18.0 Å². The van der Waals surface area contributed by atoms with Gasteiger partial charge < -0.3 is 9.64 Å². The molecule has 0 unspecified atom stereocenters. The topological polar surface area (TPSA) is 65.3 Å². The van der Waals surface area contributed by atoms with Gasteiger partial charge in [0, 0.05) is 32.5 Å². The van der Waals surface area contributed by atoms with Gasteiger partial charge in [-0.1, -0.05) is 30.3 Å². The lowest BCUT2D eigenvalue weighted by molar-refractivity contribution is -0.0580. The molecule has 0 N–H and O–H groups in total. The van der Waals surface area contributed by atoms with E-state index in [4.69, 9.17) is 4.74 Å². The molecule has 6 nitrogen and oxygen atoms in total. The molecule has 0 spiro atoms. The molecular formula is C18H21N5O. The summed E-state index contributed by atoms with van der Waals surface area (Å²) < 4.78 is 6.07. The summed E-state index contributed by atoms with van der Waals surface area (Å²) in [5.41, 5.74) is 1.57. The van der Waals surface area contributed by atoms with Crippen molar-refractivity contribution in [1.82, 2.24) is 14.9 Å². The molecule has 0 bridgehead atoms. The molecule has 24 heavy (non-hydrogen) atoms. The second-order valence-corrected chi connectivity index (χ2v) is 5.97. The van der Waals surface area contributed by atoms with Crippen molar-refractivity contribution >= 4 is 5.82 Å². The van der Waals surface area contributed by atoms with Crippen LogP contribution in [0.15, 0.2) is 42.7 Å². The van der Waals surface area contributed by atoms with Crippen molar-refractivity contribution in [2.24, 2.45) is 0 Å². The van der Waals surface area contributed by atoms with Crippen LogP contribution >= 0.6 is 0 Å². The van der Waals surface area contributed by atoms with Crippen molar-refractivity contribution in [2.75, 3.05) is 38.7 Å². The number of hydrogen-bond acceptors (Lipinski definition) is 6. The number of likely N-dealkylation sites (N-methyl/N-ethyl adjacent to an activating group) is 2. The Morgan fingerprint density at radius 1 is 1.29 bits per heavy atom. The average Bonchev–Trinajstić information content (AvgIpc) is 2.62. The first kappa shape index (κ1) is 16.4. The highest BCUT2D eigenvalue weighted by Gasteiger charge is 2.32. The number of nitrogens with zero attached hydrogens (tertiary/aromatic N) is 5. The van der Waals surface area contributed by atoms with Gasteiger partial charge in [-0.2, -0.15) is 5.26 Å². The highest BCUT2D eigenvalue weighted by atomic mass is 16.5. The Labute approximate surface area is 142 Å². The lowest BCUT2D eigenvalue weighted by Gasteiger charge is -2.41. The summed E-state index contributed by atoms with van der Waals surface area (Å²) in [5, 5.41) is 9.23. The molecule has 3 rings (SSSR count). The van der Waals surface area contributed by atoms with Crippen molar-refractivity contribution in [3.8, 4) is 6.07 Å². The van der Waals surface area contributed by atoms with Crippen LogP contribution in [0.1, 0.15) is 17.3 Å². The van der Waals surface area contributed by atoms with Gasteiger partial charge in [0.1, 0.15) is 6.07 Å². The number of benzene rings is 1. The number of morpholine rings is 1. The van der Waals surface area contributed by atoms with Gasteiger partial charge >= 0.3 is 0 Å². The van der Waals surface area contributed by atoms with Crippen molar-refractivity contribution in [3.63, 3.8) is 0 Å². The molecule has 124 valence electrons. The molecule has 0 aliphatic carbocycles. The van der Waals surface area contributed by atoms with Gasteiger partial charge in [0.2, 0.25) is 0 Å². The third kappa shape index (κ3) is 3.37. The Hall–Kier alpha value is -2.49. The molecular weight excluding hydrogens is 302 g/mol. The van der Waals surface area contributed by atoms with Gasteiger partial charge in [0.15, 0.2) is 11.5 Å². The summed E-state index contributed by atoms with van der Waals surface area (Å²) >= 11 is 0. The van der Waals surface area contributed by atoms with Gasteiger partial charge in [-0.15, -0.1) is 0 Å². The maximum Gasteiger partial charge on any atom is 0.183 e. The molecule has 1 aromatic heterocycles. The average molecular weight is 323 g/mol. The van der Waals surface area contributed by atoms with E-state index in [-0.39, 0.29) is 12.1 Å².